The normalized spacial score (nSPS) is 16.6. The quantitative estimate of drug-likeness (QED) is 0.549. The van der Waals surface area contributed by atoms with Crippen LogP contribution in [0.15, 0.2) is 72.8 Å². The van der Waals surface area contributed by atoms with Gasteiger partial charge in [-0.15, -0.1) is 12.4 Å². The number of rotatable bonds is 3. The largest absolute Gasteiger partial charge is 0.292 e. The van der Waals surface area contributed by atoms with Crippen LogP contribution in [-0.4, -0.2) is 10.9 Å². The van der Waals surface area contributed by atoms with Crippen LogP contribution in [0.1, 0.15) is 29.2 Å². The van der Waals surface area contributed by atoms with Crippen molar-refractivity contribution >= 4 is 12.4 Å². The lowest BCUT2D eigenvalue weighted by atomic mass is 9.87. The molecule has 1 heterocycles. The lowest BCUT2D eigenvalue weighted by Crippen LogP contribution is -2.38. The van der Waals surface area contributed by atoms with Crippen molar-refractivity contribution in [3.05, 3.63) is 95.1 Å². The summed E-state index contributed by atoms with van der Waals surface area (Å²) in [4.78, 5) is 2.61. The van der Waals surface area contributed by atoms with E-state index in [2.05, 4.69) is 91.5 Å². The third-order valence-electron chi connectivity index (χ3n) is 5.30. The summed E-state index contributed by atoms with van der Waals surface area (Å²) in [5.74, 6) is 0. The van der Waals surface area contributed by atoms with E-state index in [4.69, 9.17) is 0 Å². The molecule has 0 saturated heterocycles. The maximum Gasteiger partial charge on any atom is 0.0249 e. The third kappa shape index (κ3) is 3.85. The molecular weight excluding hydrogens is 338 g/mol. The first-order valence-electron chi connectivity index (χ1n) is 9.16. The van der Waals surface area contributed by atoms with Gasteiger partial charge in [-0.2, -0.15) is 0 Å². The minimum Gasteiger partial charge on any atom is -0.292 e. The molecule has 3 aromatic carbocycles. The highest BCUT2D eigenvalue weighted by atomic mass is 35.5. The van der Waals surface area contributed by atoms with E-state index >= 15 is 0 Å². The third-order valence-corrected chi connectivity index (χ3v) is 5.30. The van der Waals surface area contributed by atoms with Gasteiger partial charge in [-0.1, -0.05) is 78.4 Å². The Labute approximate surface area is 163 Å². The first-order chi connectivity index (χ1) is 12.2. The molecule has 0 spiro atoms. The van der Waals surface area contributed by atoms with Gasteiger partial charge in [0.25, 0.3) is 0 Å². The number of halogens is 1. The van der Waals surface area contributed by atoms with E-state index in [1.54, 1.807) is 0 Å². The molecule has 0 aliphatic carbocycles. The van der Waals surface area contributed by atoms with Crippen LogP contribution in [-0.2, 0) is 19.5 Å². The fourth-order valence-corrected chi connectivity index (χ4v) is 3.97. The zero-order chi connectivity index (χ0) is 17.2. The van der Waals surface area contributed by atoms with Crippen LogP contribution in [0.5, 0.6) is 0 Å². The molecule has 0 radical (unpaired) electrons. The predicted molar refractivity (Wildman–Crippen MR) is 113 cm³/mol. The van der Waals surface area contributed by atoms with Crippen LogP contribution in [0.4, 0.5) is 0 Å². The van der Waals surface area contributed by atoms with Crippen molar-refractivity contribution in [3.8, 4) is 11.1 Å². The molecule has 1 atom stereocenters. The lowest BCUT2D eigenvalue weighted by Gasteiger charge is -2.36. The van der Waals surface area contributed by atoms with Crippen molar-refractivity contribution in [2.45, 2.75) is 39.4 Å². The summed E-state index contributed by atoms with van der Waals surface area (Å²) < 4.78 is 0. The zero-order valence-electron chi connectivity index (χ0n) is 15.5. The Morgan fingerprint density at radius 1 is 0.923 bits per heavy atom. The number of hydrogen-bond donors (Lipinski definition) is 0. The van der Waals surface area contributed by atoms with Crippen LogP contribution >= 0.6 is 12.4 Å². The first kappa shape index (κ1) is 18.7. The Hall–Kier alpha value is -2.09. The van der Waals surface area contributed by atoms with E-state index < -0.39 is 0 Å². The standard InChI is InChI=1S/C24H25N.ClH/c1-18-13-22-15-19(2)25(16-20-9-5-3-6-10-20)17-24(22)23(14-18)21-11-7-4-8-12-21;/h3-14,19H,15-17H2,1-2H3;1H. The second-order valence-corrected chi connectivity index (χ2v) is 7.26. The van der Waals surface area contributed by atoms with Gasteiger partial charge in [0.15, 0.2) is 0 Å². The Morgan fingerprint density at radius 3 is 2.27 bits per heavy atom. The smallest absolute Gasteiger partial charge is 0.0249 e. The van der Waals surface area contributed by atoms with E-state index in [-0.39, 0.29) is 12.4 Å². The summed E-state index contributed by atoms with van der Waals surface area (Å²) in [5.41, 5.74) is 8.52. The molecule has 26 heavy (non-hydrogen) atoms. The molecule has 0 bridgehead atoms. The summed E-state index contributed by atoms with van der Waals surface area (Å²) in [6.07, 6.45) is 1.13. The highest BCUT2D eigenvalue weighted by molar-refractivity contribution is 5.85. The van der Waals surface area contributed by atoms with Crippen molar-refractivity contribution in [2.24, 2.45) is 0 Å². The van der Waals surface area contributed by atoms with Crippen LogP contribution in [0.3, 0.4) is 0 Å². The number of nitrogens with zero attached hydrogens (tertiary/aromatic N) is 1. The Kier molecular flexibility index (Phi) is 5.80. The van der Waals surface area contributed by atoms with E-state index in [1.165, 1.54) is 33.4 Å². The monoisotopic (exact) mass is 363 g/mol. The van der Waals surface area contributed by atoms with Crippen LogP contribution < -0.4 is 0 Å². The maximum atomic E-state index is 2.61. The Morgan fingerprint density at radius 2 is 1.58 bits per heavy atom. The number of hydrogen-bond acceptors (Lipinski definition) is 1. The van der Waals surface area contributed by atoms with Gasteiger partial charge < -0.3 is 0 Å². The SMILES string of the molecule is Cc1cc2c(c(-c3ccccc3)c1)CN(Cc1ccccc1)C(C)C2.Cl. The fraction of sp³-hybridized carbons (Fsp3) is 0.250. The molecule has 1 aliphatic heterocycles. The minimum atomic E-state index is 0. The summed E-state index contributed by atoms with van der Waals surface area (Å²) in [6.45, 7) is 6.61. The average molecular weight is 364 g/mol. The summed E-state index contributed by atoms with van der Waals surface area (Å²) >= 11 is 0. The second kappa shape index (κ2) is 8.07. The molecule has 0 fully saturated rings. The molecule has 1 unspecified atom stereocenters. The molecule has 0 aromatic heterocycles. The molecule has 1 nitrogen and oxygen atoms in total. The van der Waals surface area contributed by atoms with Gasteiger partial charge in [0.2, 0.25) is 0 Å². The van der Waals surface area contributed by atoms with Crippen LogP contribution in [0.2, 0.25) is 0 Å². The van der Waals surface area contributed by atoms with Crippen molar-refractivity contribution in [2.75, 3.05) is 0 Å². The van der Waals surface area contributed by atoms with Crippen molar-refractivity contribution in [3.63, 3.8) is 0 Å². The van der Waals surface area contributed by atoms with Crippen molar-refractivity contribution in [1.29, 1.82) is 0 Å². The highest BCUT2D eigenvalue weighted by Crippen LogP contribution is 2.34. The summed E-state index contributed by atoms with van der Waals surface area (Å²) in [5, 5.41) is 0. The van der Waals surface area contributed by atoms with Gasteiger partial charge in [0.05, 0.1) is 0 Å². The molecular formula is C24H26ClN. The lowest BCUT2D eigenvalue weighted by molar-refractivity contribution is 0.175. The van der Waals surface area contributed by atoms with Gasteiger partial charge in [-0.25, -0.2) is 0 Å². The van der Waals surface area contributed by atoms with Crippen LogP contribution in [0.25, 0.3) is 11.1 Å². The van der Waals surface area contributed by atoms with Crippen molar-refractivity contribution in [1.82, 2.24) is 4.90 Å². The summed E-state index contributed by atoms with van der Waals surface area (Å²) in [7, 11) is 0. The van der Waals surface area contributed by atoms with Gasteiger partial charge >= 0.3 is 0 Å². The number of aryl methyl sites for hydroxylation is 1. The average Bonchev–Trinajstić information content (AvgIpc) is 2.64. The first-order valence-corrected chi connectivity index (χ1v) is 9.16. The minimum absolute atomic E-state index is 0. The van der Waals surface area contributed by atoms with Gasteiger partial charge in [-0.05, 0) is 48.1 Å². The molecule has 0 saturated carbocycles. The highest BCUT2D eigenvalue weighted by Gasteiger charge is 2.25. The Bertz CT molecular complexity index is 858. The molecule has 134 valence electrons. The van der Waals surface area contributed by atoms with E-state index in [1.807, 2.05) is 0 Å². The molecule has 4 rings (SSSR count). The van der Waals surface area contributed by atoms with Crippen LogP contribution in [0, 0.1) is 6.92 Å². The molecule has 0 amide bonds. The predicted octanol–water partition coefficient (Wildman–Crippen LogP) is 6.03. The summed E-state index contributed by atoms with van der Waals surface area (Å²) in [6, 6.07) is 27.0. The van der Waals surface area contributed by atoms with E-state index in [9.17, 15) is 0 Å². The Balaban J connectivity index is 0.00000196. The molecule has 0 N–H and O–H groups in total. The molecule has 3 aromatic rings. The fourth-order valence-electron chi connectivity index (χ4n) is 3.97. The van der Waals surface area contributed by atoms with Gasteiger partial charge in [0, 0.05) is 19.1 Å². The van der Waals surface area contributed by atoms with Crippen molar-refractivity contribution < 1.29 is 0 Å². The zero-order valence-corrected chi connectivity index (χ0v) is 16.3. The van der Waals surface area contributed by atoms with E-state index in [0.29, 0.717) is 6.04 Å². The number of benzene rings is 3. The maximum absolute atomic E-state index is 2.61. The van der Waals surface area contributed by atoms with Gasteiger partial charge in [-0.3, -0.25) is 4.90 Å². The van der Waals surface area contributed by atoms with Gasteiger partial charge in [0.1, 0.15) is 0 Å². The second-order valence-electron chi connectivity index (χ2n) is 7.26. The van der Waals surface area contributed by atoms with E-state index in [0.717, 1.165) is 19.5 Å². The molecule has 2 heteroatoms. The number of fused-ring (bicyclic) bond motifs is 1. The molecule has 1 aliphatic rings. The topological polar surface area (TPSA) is 3.24 Å².